The second-order valence-electron chi connectivity index (χ2n) is 6.16. The van der Waals surface area contributed by atoms with E-state index in [1.54, 1.807) is 24.3 Å². The molecule has 0 radical (unpaired) electrons. The average molecular weight is 389 g/mol. The number of piperazine rings is 1. The van der Waals surface area contributed by atoms with E-state index in [1.165, 1.54) is 22.5 Å². The van der Waals surface area contributed by atoms with E-state index in [0.29, 0.717) is 50.6 Å². The molecule has 0 N–H and O–H groups in total. The molecule has 3 rings (SSSR count). The van der Waals surface area contributed by atoms with Crippen molar-refractivity contribution in [2.24, 2.45) is 0 Å². The Hall–Kier alpha value is -2.47. The van der Waals surface area contributed by atoms with E-state index in [4.69, 9.17) is 10.00 Å². The summed E-state index contributed by atoms with van der Waals surface area (Å²) in [5.41, 5.74) is 0.578. The molecule has 1 fully saturated rings. The highest BCUT2D eigenvalue weighted by Gasteiger charge is 2.30. The van der Waals surface area contributed by atoms with Gasteiger partial charge in [-0.1, -0.05) is 12.1 Å². The van der Waals surface area contributed by atoms with Crippen LogP contribution in [0.25, 0.3) is 0 Å². The lowest BCUT2D eigenvalue weighted by Gasteiger charge is -2.33. The Balaban J connectivity index is 1.49. The van der Waals surface area contributed by atoms with E-state index in [-0.39, 0.29) is 4.90 Å². The van der Waals surface area contributed by atoms with Crippen LogP contribution in [0, 0.1) is 17.1 Å². The summed E-state index contributed by atoms with van der Waals surface area (Å²) in [5, 5.41) is 8.78. The van der Waals surface area contributed by atoms with Crippen molar-refractivity contribution in [3.05, 3.63) is 59.9 Å². The summed E-state index contributed by atoms with van der Waals surface area (Å²) in [6.45, 7) is 2.87. The quantitative estimate of drug-likeness (QED) is 0.756. The van der Waals surface area contributed by atoms with Crippen LogP contribution in [-0.2, 0) is 10.0 Å². The van der Waals surface area contributed by atoms with Gasteiger partial charge in [0.15, 0.2) is 0 Å². The number of hydrogen-bond acceptors (Lipinski definition) is 5. The molecule has 142 valence electrons. The summed E-state index contributed by atoms with van der Waals surface area (Å²) in [5.74, 6) is -0.0366. The Bertz CT molecular complexity index is 918. The molecule has 1 heterocycles. The van der Waals surface area contributed by atoms with Gasteiger partial charge >= 0.3 is 0 Å². The van der Waals surface area contributed by atoms with Crippen LogP contribution in [0.2, 0.25) is 0 Å². The molecule has 2 aromatic carbocycles. The number of ether oxygens (including phenoxy) is 1. The minimum Gasteiger partial charge on any atom is -0.492 e. The van der Waals surface area contributed by atoms with Crippen molar-refractivity contribution in [2.75, 3.05) is 39.3 Å². The average Bonchev–Trinajstić information content (AvgIpc) is 2.69. The predicted octanol–water partition coefficient (Wildman–Crippen LogP) is 2.08. The molecule has 2 aromatic rings. The zero-order valence-corrected chi connectivity index (χ0v) is 15.5. The van der Waals surface area contributed by atoms with E-state index < -0.39 is 15.8 Å². The van der Waals surface area contributed by atoms with Crippen LogP contribution >= 0.6 is 0 Å². The topological polar surface area (TPSA) is 73.6 Å². The second-order valence-corrected chi connectivity index (χ2v) is 8.07. The zero-order chi connectivity index (χ0) is 19.3. The highest BCUT2D eigenvalue weighted by molar-refractivity contribution is 7.89. The largest absolute Gasteiger partial charge is 0.492 e. The first kappa shape index (κ1) is 19.3. The molecule has 0 aromatic heterocycles. The lowest BCUT2D eigenvalue weighted by molar-refractivity contribution is 0.158. The van der Waals surface area contributed by atoms with Gasteiger partial charge in [0.05, 0.1) is 11.6 Å². The summed E-state index contributed by atoms with van der Waals surface area (Å²) < 4.78 is 46.0. The van der Waals surface area contributed by atoms with E-state index in [2.05, 4.69) is 11.0 Å². The normalized spacial score (nSPS) is 16.0. The molecule has 1 saturated heterocycles. The van der Waals surface area contributed by atoms with Gasteiger partial charge in [0.1, 0.15) is 23.1 Å². The molecule has 27 heavy (non-hydrogen) atoms. The summed E-state index contributed by atoms with van der Waals surface area (Å²) in [6.07, 6.45) is 0. The van der Waals surface area contributed by atoms with Crippen LogP contribution in [0.4, 0.5) is 4.39 Å². The number of halogens is 1. The molecule has 0 atom stereocenters. The van der Waals surface area contributed by atoms with Crippen molar-refractivity contribution in [1.29, 1.82) is 5.26 Å². The fraction of sp³-hybridized carbons (Fsp3) is 0.316. The molecule has 6 nitrogen and oxygen atoms in total. The molecular formula is C19H20FN3O3S. The standard InChI is InChI=1S/C19H20FN3O3S/c20-18-3-1-2-4-19(18)27(24,25)23-11-9-22(10-12-23)13-14-26-17-7-5-16(15-21)6-8-17/h1-8H,9-14H2. The maximum atomic E-state index is 13.8. The van der Waals surface area contributed by atoms with Crippen molar-refractivity contribution in [3.8, 4) is 11.8 Å². The molecule has 0 saturated carbocycles. The number of rotatable bonds is 6. The summed E-state index contributed by atoms with van der Waals surface area (Å²) in [6, 6.07) is 14.4. The van der Waals surface area contributed by atoms with E-state index >= 15 is 0 Å². The lowest BCUT2D eigenvalue weighted by Crippen LogP contribution is -2.49. The van der Waals surface area contributed by atoms with Gasteiger partial charge in [-0.05, 0) is 36.4 Å². The predicted molar refractivity (Wildman–Crippen MR) is 98.3 cm³/mol. The van der Waals surface area contributed by atoms with Gasteiger partial charge < -0.3 is 4.74 Å². The smallest absolute Gasteiger partial charge is 0.246 e. The Morgan fingerprint density at radius 1 is 1.04 bits per heavy atom. The van der Waals surface area contributed by atoms with Crippen LogP contribution in [0.3, 0.4) is 0 Å². The van der Waals surface area contributed by atoms with E-state index in [9.17, 15) is 12.8 Å². The van der Waals surface area contributed by atoms with Gasteiger partial charge in [-0.15, -0.1) is 0 Å². The Morgan fingerprint density at radius 3 is 2.33 bits per heavy atom. The Kier molecular flexibility index (Phi) is 6.06. The second kappa shape index (κ2) is 8.48. The molecule has 0 amide bonds. The molecular weight excluding hydrogens is 369 g/mol. The maximum absolute atomic E-state index is 13.8. The monoisotopic (exact) mass is 389 g/mol. The first-order chi connectivity index (χ1) is 13.0. The van der Waals surface area contributed by atoms with Crippen LogP contribution < -0.4 is 4.74 Å². The molecule has 8 heteroatoms. The van der Waals surface area contributed by atoms with E-state index in [0.717, 1.165) is 6.07 Å². The van der Waals surface area contributed by atoms with Crippen LogP contribution in [-0.4, -0.2) is 57.0 Å². The highest BCUT2D eigenvalue weighted by Crippen LogP contribution is 2.20. The summed E-state index contributed by atoms with van der Waals surface area (Å²) >= 11 is 0. The van der Waals surface area contributed by atoms with Crippen molar-refractivity contribution >= 4 is 10.0 Å². The van der Waals surface area contributed by atoms with Crippen LogP contribution in [0.15, 0.2) is 53.4 Å². The van der Waals surface area contributed by atoms with Gasteiger partial charge in [0.2, 0.25) is 10.0 Å². The Labute approximate surface area is 158 Å². The van der Waals surface area contributed by atoms with Crippen molar-refractivity contribution in [3.63, 3.8) is 0 Å². The van der Waals surface area contributed by atoms with E-state index in [1.807, 2.05) is 0 Å². The number of nitriles is 1. The van der Waals surface area contributed by atoms with Gasteiger partial charge in [-0.2, -0.15) is 9.57 Å². The van der Waals surface area contributed by atoms with Gasteiger partial charge in [0.25, 0.3) is 0 Å². The van der Waals surface area contributed by atoms with Crippen molar-refractivity contribution < 1.29 is 17.5 Å². The number of sulfonamides is 1. The maximum Gasteiger partial charge on any atom is 0.246 e. The molecule has 0 bridgehead atoms. The minimum atomic E-state index is -3.81. The number of benzene rings is 2. The fourth-order valence-corrected chi connectivity index (χ4v) is 4.39. The summed E-state index contributed by atoms with van der Waals surface area (Å²) in [7, 11) is -3.81. The Morgan fingerprint density at radius 2 is 1.70 bits per heavy atom. The van der Waals surface area contributed by atoms with Gasteiger partial charge in [0, 0.05) is 32.7 Å². The third kappa shape index (κ3) is 4.63. The number of nitrogens with zero attached hydrogens (tertiary/aromatic N) is 3. The first-order valence-electron chi connectivity index (χ1n) is 8.61. The fourth-order valence-electron chi connectivity index (χ4n) is 2.90. The van der Waals surface area contributed by atoms with Crippen LogP contribution in [0.1, 0.15) is 5.56 Å². The molecule has 0 unspecified atom stereocenters. The molecule has 0 aliphatic carbocycles. The zero-order valence-electron chi connectivity index (χ0n) is 14.7. The van der Waals surface area contributed by atoms with Crippen molar-refractivity contribution in [1.82, 2.24) is 9.21 Å². The SMILES string of the molecule is N#Cc1ccc(OCCN2CCN(S(=O)(=O)c3ccccc3F)CC2)cc1. The van der Waals surface area contributed by atoms with Crippen molar-refractivity contribution in [2.45, 2.75) is 4.90 Å². The molecule has 1 aliphatic rings. The number of hydrogen-bond donors (Lipinski definition) is 0. The van der Waals surface area contributed by atoms with Gasteiger partial charge in [-0.25, -0.2) is 12.8 Å². The highest BCUT2D eigenvalue weighted by atomic mass is 32.2. The molecule has 0 spiro atoms. The minimum absolute atomic E-state index is 0.275. The van der Waals surface area contributed by atoms with Crippen LogP contribution in [0.5, 0.6) is 5.75 Å². The third-order valence-corrected chi connectivity index (χ3v) is 6.38. The summed E-state index contributed by atoms with van der Waals surface area (Å²) in [4.78, 5) is 1.83. The first-order valence-corrected chi connectivity index (χ1v) is 10.0. The van der Waals surface area contributed by atoms with Gasteiger partial charge in [-0.3, -0.25) is 4.90 Å². The molecule has 1 aliphatic heterocycles. The lowest BCUT2D eigenvalue weighted by atomic mass is 10.2. The third-order valence-electron chi connectivity index (χ3n) is 4.45.